The molecule has 19 heavy (non-hydrogen) atoms. The zero-order chi connectivity index (χ0) is 13.2. The molecule has 0 amide bonds. The molecule has 2 aromatic heterocycles. The molecule has 2 heterocycles. The van der Waals surface area contributed by atoms with E-state index < -0.39 is 0 Å². The first-order valence-electron chi connectivity index (χ1n) is 5.61. The van der Waals surface area contributed by atoms with Gasteiger partial charge in [-0.3, -0.25) is 9.78 Å². The predicted molar refractivity (Wildman–Crippen MR) is 73.8 cm³/mol. The van der Waals surface area contributed by atoms with Crippen molar-refractivity contribution in [1.82, 2.24) is 19.9 Å². The lowest BCUT2D eigenvalue weighted by molar-refractivity contribution is 1.15. The average Bonchev–Trinajstić information content (AvgIpc) is 2.88. The van der Waals surface area contributed by atoms with E-state index in [9.17, 15) is 4.79 Å². The molecule has 0 unspecified atom stereocenters. The Labute approximate surface area is 112 Å². The number of aromatic nitrogens is 4. The summed E-state index contributed by atoms with van der Waals surface area (Å²) in [7, 11) is 0. The molecule has 0 fully saturated rings. The van der Waals surface area contributed by atoms with Crippen LogP contribution in [-0.4, -0.2) is 19.9 Å². The Balaban J connectivity index is 1.93. The molecule has 3 rings (SSSR count). The van der Waals surface area contributed by atoms with Crippen molar-refractivity contribution in [2.75, 3.05) is 5.32 Å². The van der Waals surface area contributed by atoms with Gasteiger partial charge >= 0.3 is 0 Å². The number of anilines is 2. The maximum Gasteiger partial charge on any atom is 0.278 e. The van der Waals surface area contributed by atoms with Gasteiger partial charge in [0.25, 0.3) is 5.56 Å². The SMILES string of the molecule is O=c1[nH]c(Nc2ccc(CCl)cc2)nc2nc[nH]c12. The molecule has 0 aliphatic carbocycles. The number of aromatic amines is 2. The van der Waals surface area contributed by atoms with E-state index in [1.54, 1.807) is 0 Å². The Kier molecular flexibility index (Phi) is 2.92. The number of hydrogen-bond acceptors (Lipinski definition) is 4. The second kappa shape index (κ2) is 4.74. The highest BCUT2D eigenvalue weighted by Gasteiger charge is 2.05. The van der Waals surface area contributed by atoms with E-state index in [4.69, 9.17) is 11.6 Å². The average molecular weight is 276 g/mol. The van der Waals surface area contributed by atoms with Crippen molar-refractivity contribution in [2.24, 2.45) is 0 Å². The third-order valence-electron chi connectivity index (χ3n) is 2.67. The lowest BCUT2D eigenvalue weighted by Gasteiger charge is -2.05. The highest BCUT2D eigenvalue weighted by molar-refractivity contribution is 6.17. The number of alkyl halides is 1. The molecule has 96 valence electrons. The van der Waals surface area contributed by atoms with Gasteiger partial charge in [-0.25, -0.2) is 4.98 Å². The van der Waals surface area contributed by atoms with Gasteiger partial charge in [0, 0.05) is 11.6 Å². The summed E-state index contributed by atoms with van der Waals surface area (Å²) in [6.45, 7) is 0. The zero-order valence-corrected chi connectivity index (χ0v) is 10.5. The van der Waals surface area contributed by atoms with Crippen LogP contribution in [0.1, 0.15) is 5.56 Å². The summed E-state index contributed by atoms with van der Waals surface area (Å²) in [5.41, 5.74) is 2.32. The highest BCUT2D eigenvalue weighted by Crippen LogP contribution is 2.15. The van der Waals surface area contributed by atoms with Crippen LogP contribution >= 0.6 is 11.6 Å². The van der Waals surface area contributed by atoms with Crippen LogP contribution in [0.4, 0.5) is 11.6 Å². The predicted octanol–water partition coefficient (Wildman–Crippen LogP) is 2.13. The van der Waals surface area contributed by atoms with Crippen molar-refractivity contribution in [3.8, 4) is 0 Å². The molecule has 7 heteroatoms. The van der Waals surface area contributed by atoms with Crippen LogP contribution in [0.3, 0.4) is 0 Å². The summed E-state index contributed by atoms with van der Waals surface area (Å²) in [6.07, 6.45) is 1.44. The second-order valence-electron chi connectivity index (χ2n) is 3.97. The number of nitrogens with one attached hydrogen (secondary N) is 3. The summed E-state index contributed by atoms with van der Waals surface area (Å²) >= 11 is 5.72. The van der Waals surface area contributed by atoms with Gasteiger partial charge in [-0.15, -0.1) is 11.6 Å². The van der Waals surface area contributed by atoms with Gasteiger partial charge < -0.3 is 10.3 Å². The summed E-state index contributed by atoms with van der Waals surface area (Å²) in [5, 5.41) is 3.01. The molecule has 0 aliphatic rings. The third-order valence-corrected chi connectivity index (χ3v) is 2.98. The molecular weight excluding hydrogens is 266 g/mol. The minimum Gasteiger partial charge on any atom is -0.339 e. The van der Waals surface area contributed by atoms with Crippen LogP contribution in [0.2, 0.25) is 0 Å². The van der Waals surface area contributed by atoms with Crippen LogP contribution in [0.25, 0.3) is 11.2 Å². The first-order chi connectivity index (χ1) is 9.26. The molecular formula is C12H10ClN5O. The minimum absolute atomic E-state index is 0.262. The molecule has 3 N–H and O–H groups in total. The Morgan fingerprint density at radius 3 is 2.79 bits per heavy atom. The number of nitrogens with zero attached hydrogens (tertiary/aromatic N) is 2. The highest BCUT2D eigenvalue weighted by atomic mass is 35.5. The van der Waals surface area contributed by atoms with E-state index in [2.05, 4.69) is 25.3 Å². The van der Waals surface area contributed by atoms with Crippen molar-refractivity contribution < 1.29 is 0 Å². The molecule has 3 aromatic rings. The number of H-pyrrole nitrogens is 2. The Morgan fingerprint density at radius 1 is 1.26 bits per heavy atom. The molecule has 1 aromatic carbocycles. The number of hydrogen-bond donors (Lipinski definition) is 3. The zero-order valence-electron chi connectivity index (χ0n) is 9.77. The first-order valence-corrected chi connectivity index (χ1v) is 6.15. The van der Waals surface area contributed by atoms with Gasteiger partial charge in [0.15, 0.2) is 11.2 Å². The summed E-state index contributed by atoms with van der Waals surface area (Å²) < 4.78 is 0. The van der Waals surface area contributed by atoms with Crippen molar-refractivity contribution in [3.05, 3.63) is 46.5 Å². The van der Waals surface area contributed by atoms with E-state index in [1.165, 1.54) is 6.33 Å². The lowest BCUT2D eigenvalue weighted by Crippen LogP contribution is -2.11. The maximum atomic E-state index is 11.7. The van der Waals surface area contributed by atoms with Crippen molar-refractivity contribution in [1.29, 1.82) is 0 Å². The van der Waals surface area contributed by atoms with E-state index in [0.717, 1.165) is 11.3 Å². The normalized spacial score (nSPS) is 10.8. The van der Waals surface area contributed by atoms with Crippen LogP contribution in [-0.2, 0) is 5.88 Å². The monoisotopic (exact) mass is 275 g/mol. The Morgan fingerprint density at radius 2 is 2.05 bits per heavy atom. The molecule has 0 aliphatic heterocycles. The van der Waals surface area contributed by atoms with Gasteiger partial charge in [0.05, 0.1) is 6.33 Å². The van der Waals surface area contributed by atoms with Gasteiger partial charge in [-0.2, -0.15) is 4.98 Å². The van der Waals surface area contributed by atoms with Gasteiger partial charge in [0.2, 0.25) is 5.95 Å². The molecule has 6 nitrogen and oxygen atoms in total. The third kappa shape index (κ3) is 2.30. The minimum atomic E-state index is -0.262. The van der Waals surface area contributed by atoms with Crippen molar-refractivity contribution in [2.45, 2.75) is 5.88 Å². The smallest absolute Gasteiger partial charge is 0.278 e. The van der Waals surface area contributed by atoms with Crippen LogP contribution in [0.5, 0.6) is 0 Å². The standard InChI is InChI=1S/C12H10ClN5O/c13-5-7-1-3-8(4-2-7)16-12-17-10-9(11(19)18-12)14-6-15-10/h1-4,6H,5H2,(H3,14,15,16,17,18,19). The lowest BCUT2D eigenvalue weighted by atomic mass is 10.2. The van der Waals surface area contributed by atoms with Gasteiger partial charge in [-0.1, -0.05) is 12.1 Å². The van der Waals surface area contributed by atoms with E-state index in [-0.39, 0.29) is 5.56 Å². The van der Waals surface area contributed by atoms with Crippen molar-refractivity contribution in [3.63, 3.8) is 0 Å². The quantitative estimate of drug-likeness (QED) is 0.639. The van der Waals surface area contributed by atoms with Gasteiger partial charge in [-0.05, 0) is 17.7 Å². The first kappa shape index (κ1) is 11.7. The topological polar surface area (TPSA) is 86.5 Å². The Bertz CT molecular complexity index is 762. The number of benzene rings is 1. The summed E-state index contributed by atoms with van der Waals surface area (Å²) in [6, 6.07) is 7.54. The molecule has 0 spiro atoms. The maximum absolute atomic E-state index is 11.7. The fraction of sp³-hybridized carbons (Fsp3) is 0.0833. The Hall–Kier alpha value is -2.34. The van der Waals surface area contributed by atoms with E-state index >= 15 is 0 Å². The van der Waals surface area contributed by atoms with E-state index in [0.29, 0.717) is 23.0 Å². The number of rotatable bonds is 3. The summed E-state index contributed by atoms with van der Waals surface area (Å²) in [4.78, 5) is 25.3. The van der Waals surface area contributed by atoms with Crippen molar-refractivity contribution >= 4 is 34.4 Å². The molecule has 0 saturated carbocycles. The number of fused-ring (bicyclic) bond motifs is 1. The molecule has 0 atom stereocenters. The molecule has 0 radical (unpaired) electrons. The number of halogens is 1. The number of imidazole rings is 1. The fourth-order valence-corrected chi connectivity index (χ4v) is 1.89. The van der Waals surface area contributed by atoms with Crippen LogP contribution in [0, 0.1) is 0 Å². The van der Waals surface area contributed by atoms with E-state index in [1.807, 2.05) is 24.3 Å². The van der Waals surface area contributed by atoms with Gasteiger partial charge in [0.1, 0.15) is 0 Å². The van der Waals surface area contributed by atoms with Crippen LogP contribution in [0.15, 0.2) is 35.4 Å². The fourth-order valence-electron chi connectivity index (χ4n) is 1.72. The van der Waals surface area contributed by atoms with Crippen LogP contribution < -0.4 is 10.9 Å². The largest absolute Gasteiger partial charge is 0.339 e. The molecule has 0 saturated heterocycles. The summed E-state index contributed by atoms with van der Waals surface area (Å²) in [5.74, 6) is 0.817. The second-order valence-corrected chi connectivity index (χ2v) is 4.24. The molecule has 0 bridgehead atoms.